The minimum Gasteiger partial charge on any atom is -0.369 e. The van der Waals surface area contributed by atoms with Crippen molar-refractivity contribution in [2.45, 2.75) is 38.3 Å². The number of aryl methyl sites for hydroxylation is 3. The van der Waals surface area contributed by atoms with Crippen molar-refractivity contribution < 1.29 is 26.1 Å². The molecule has 0 amide bonds. The van der Waals surface area contributed by atoms with Crippen LogP contribution in [0.15, 0.2) is 51.9 Å². The Bertz CT molecular complexity index is 1290. The van der Waals surface area contributed by atoms with Crippen molar-refractivity contribution in [3.8, 4) is 11.3 Å². The summed E-state index contributed by atoms with van der Waals surface area (Å²) in [5, 5.41) is 3.49. The molecule has 10 heteroatoms. The Hall–Kier alpha value is -2.85. The molecule has 0 unspecified atom stereocenters. The van der Waals surface area contributed by atoms with Gasteiger partial charge in [0.15, 0.2) is 0 Å². The van der Waals surface area contributed by atoms with E-state index in [1.165, 1.54) is 10.4 Å². The summed E-state index contributed by atoms with van der Waals surface area (Å²) < 4.78 is 71.7. The van der Waals surface area contributed by atoms with Gasteiger partial charge >= 0.3 is 6.18 Å². The summed E-state index contributed by atoms with van der Waals surface area (Å²) >= 11 is 0. The SMILES string of the molecule is CCc1ccc(-c2cc(C(F)(F)F)on2)cc1S(=O)(=O)N1CCN(c2cc(C)ccc2C)CC1. The average Bonchev–Trinajstić information content (AvgIpc) is 3.31. The van der Waals surface area contributed by atoms with Gasteiger partial charge < -0.3 is 9.42 Å². The molecule has 1 fully saturated rings. The summed E-state index contributed by atoms with van der Waals surface area (Å²) in [6, 6.07) is 11.6. The first-order valence-electron chi connectivity index (χ1n) is 11.0. The number of aromatic nitrogens is 1. The molecule has 2 heterocycles. The van der Waals surface area contributed by atoms with Crippen LogP contribution in [0.4, 0.5) is 18.9 Å². The minimum atomic E-state index is -4.67. The lowest BCUT2D eigenvalue weighted by Gasteiger charge is -2.36. The van der Waals surface area contributed by atoms with Crippen LogP contribution in [0, 0.1) is 13.8 Å². The van der Waals surface area contributed by atoms with Crippen LogP contribution in [0.2, 0.25) is 0 Å². The normalized spacial score (nSPS) is 15.6. The number of hydrogen-bond acceptors (Lipinski definition) is 5. The van der Waals surface area contributed by atoms with E-state index in [0.717, 1.165) is 22.9 Å². The molecular weight excluding hydrogens is 467 g/mol. The van der Waals surface area contributed by atoms with E-state index in [4.69, 9.17) is 0 Å². The molecule has 0 atom stereocenters. The van der Waals surface area contributed by atoms with Crippen molar-refractivity contribution in [3.05, 3.63) is 64.9 Å². The predicted octanol–water partition coefficient (Wildman–Crippen LogP) is 5.05. The van der Waals surface area contributed by atoms with Gasteiger partial charge in [0.05, 0.1) is 4.90 Å². The summed E-state index contributed by atoms with van der Waals surface area (Å²) in [4.78, 5) is 2.27. The van der Waals surface area contributed by atoms with Crippen LogP contribution < -0.4 is 4.90 Å². The van der Waals surface area contributed by atoms with Crippen LogP contribution in [-0.4, -0.2) is 44.1 Å². The number of benzene rings is 2. The van der Waals surface area contributed by atoms with Gasteiger partial charge in [0.2, 0.25) is 15.8 Å². The van der Waals surface area contributed by atoms with Gasteiger partial charge in [0.25, 0.3) is 0 Å². The molecule has 2 aromatic carbocycles. The fourth-order valence-electron chi connectivity index (χ4n) is 4.16. The Morgan fingerprint density at radius 1 is 1.00 bits per heavy atom. The third-order valence-corrected chi connectivity index (χ3v) is 8.08. The zero-order chi connectivity index (χ0) is 24.7. The second kappa shape index (κ2) is 9.07. The Morgan fingerprint density at radius 2 is 1.71 bits per heavy atom. The fourth-order valence-corrected chi connectivity index (χ4v) is 5.90. The number of nitrogens with zero attached hydrogens (tertiary/aromatic N) is 3. The lowest BCUT2D eigenvalue weighted by molar-refractivity contribution is -0.155. The van der Waals surface area contributed by atoms with Crippen molar-refractivity contribution in [2.24, 2.45) is 0 Å². The summed E-state index contributed by atoms with van der Waals surface area (Å²) in [5.74, 6) is -1.23. The largest absolute Gasteiger partial charge is 0.452 e. The molecule has 0 bridgehead atoms. The number of anilines is 1. The first-order valence-corrected chi connectivity index (χ1v) is 12.4. The standard InChI is InChI=1S/C24H26F3N3O3S/c1-4-18-7-8-19(20-15-23(33-28-20)24(25,26)27)14-22(18)34(31,32)30-11-9-29(10-12-30)21-13-16(2)5-6-17(21)3/h5-8,13-15H,4,9-12H2,1-3H3. The third kappa shape index (κ3) is 4.69. The van der Waals surface area contributed by atoms with Crippen molar-refractivity contribution in [1.29, 1.82) is 0 Å². The van der Waals surface area contributed by atoms with Gasteiger partial charge in [0, 0.05) is 43.5 Å². The van der Waals surface area contributed by atoms with E-state index in [9.17, 15) is 21.6 Å². The molecule has 6 nitrogen and oxygen atoms in total. The minimum absolute atomic E-state index is 0.0637. The molecule has 0 saturated carbocycles. The predicted molar refractivity (Wildman–Crippen MR) is 123 cm³/mol. The van der Waals surface area contributed by atoms with Crippen molar-refractivity contribution in [2.75, 3.05) is 31.1 Å². The molecule has 0 aliphatic carbocycles. The monoisotopic (exact) mass is 493 g/mol. The smallest absolute Gasteiger partial charge is 0.369 e. The summed E-state index contributed by atoms with van der Waals surface area (Å²) in [6.45, 7) is 7.60. The molecule has 34 heavy (non-hydrogen) atoms. The highest BCUT2D eigenvalue weighted by Gasteiger charge is 2.36. The Labute approximate surface area is 197 Å². The molecule has 3 aromatic rings. The van der Waals surface area contributed by atoms with Gasteiger partial charge in [0.1, 0.15) is 5.69 Å². The highest BCUT2D eigenvalue weighted by Crippen LogP contribution is 2.34. The Morgan fingerprint density at radius 3 is 2.32 bits per heavy atom. The number of hydrogen-bond donors (Lipinski definition) is 0. The Balaban J connectivity index is 1.60. The van der Waals surface area contributed by atoms with E-state index in [-0.39, 0.29) is 16.2 Å². The molecular formula is C24H26F3N3O3S. The van der Waals surface area contributed by atoms with Gasteiger partial charge in [-0.3, -0.25) is 0 Å². The van der Waals surface area contributed by atoms with Crippen molar-refractivity contribution >= 4 is 15.7 Å². The van der Waals surface area contributed by atoms with Crippen LogP contribution in [0.1, 0.15) is 29.4 Å². The lowest BCUT2D eigenvalue weighted by Crippen LogP contribution is -2.49. The third-order valence-electron chi connectivity index (χ3n) is 6.10. The fraction of sp³-hybridized carbons (Fsp3) is 0.375. The first-order chi connectivity index (χ1) is 16.0. The number of rotatable bonds is 5. The van der Waals surface area contributed by atoms with Gasteiger partial charge in [-0.05, 0) is 49.1 Å². The highest BCUT2D eigenvalue weighted by atomic mass is 32.2. The molecule has 1 saturated heterocycles. The first kappa shape index (κ1) is 24.3. The zero-order valence-electron chi connectivity index (χ0n) is 19.2. The molecule has 4 rings (SSSR count). The van der Waals surface area contributed by atoms with E-state index >= 15 is 0 Å². The average molecular weight is 494 g/mol. The van der Waals surface area contributed by atoms with E-state index in [1.54, 1.807) is 12.1 Å². The van der Waals surface area contributed by atoms with E-state index in [0.29, 0.717) is 38.2 Å². The molecule has 0 spiro atoms. The second-order valence-electron chi connectivity index (χ2n) is 8.43. The topological polar surface area (TPSA) is 66.7 Å². The maximum Gasteiger partial charge on any atom is 0.452 e. The number of halogens is 3. The molecule has 1 aliphatic heterocycles. The lowest BCUT2D eigenvalue weighted by atomic mass is 10.1. The van der Waals surface area contributed by atoms with E-state index in [2.05, 4.69) is 26.7 Å². The van der Waals surface area contributed by atoms with Crippen LogP contribution in [0.25, 0.3) is 11.3 Å². The van der Waals surface area contributed by atoms with Crippen LogP contribution >= 0.6 is 0 Å². The number of piperazine rings is 1. The maximum atomic E-state index is 13.6. The van der Waals surface area contributed by atoms with E-state index < -0.39 is 22.0 Å². The zero-order valence-corrected chi connectivity index (χ0v) is 20.0. The van der Waals surface area contributed by atoms with Crippen LogP contribution in [0.5, 0.6) is 0 Å². The molecule has 1 aliphatic rings. The van der Waals surface area contributed by atoms with E-state index in [1.807, 2.05) is 26.8 Å². The number of sulfonamides is 1. The molecule has 1 aromatic heterocycles. The Kier molecular flexibility index (Phi) is 6.48. The summed E-state index contributed by atoms with van der Waals surface area (Å²) in [5.41, 5.74) is 4.16. The van der Waals surface area contributed by atoms with Gasteiger partial charge in [-0.1, -0.05) is 36.3 Å². The van der Waals surface area contributed by atoms with Crippen LogP contribution in [-0.2, 0) is 22.6 Å². The quantitative estimate of drug-likeness (QED) is 0.498. The van der Waals surface area contributed by atoms with Crippen molar-refractivity contribution in [3.63, 3.8) is 0 Å². The number of alkyl halides is 3. The highest BCUT2D eigenvalue weighted by molar-refractivity contribution is 7.89. The molecule has 0 radical (unpaired) electrons. The van der Waals surface area contributed by atoms with Gasteiger partial charge in [-0.25, -0.2) is 8.42 Å². The van der Waals surface area contributed by atoms with Crippen molar-refractivity contribution in [1.82, 2.24) is 9.46 Å². The summed E-state index contributed by atoms with van der Waals surface area (Å²) in [6.07, 6.45) is -4.21. The summed E-state index contributed by atoms with van der Waals surface area (Å²) in [7, 11) is -3.85. The maximum absolute atomic E-state index is 13.6. The second-order valence-corrected chi connectivity index (χ2v) is 10.3. The molecule has 182 valence electrons. The molecule has 0 N–H and O–H groups in total. The van der Waals surface area contributed by atoms with Gasteiger partial charge in [-0.15, -0.1) is 0 Å². The van der Waals surface area contributed by atoms with Gasteiger partial charge in [-0.2, -0.15) is 17.5 Å². The van der Waals surface area contributed by atoms with Crippen LogP contribution in [0.3, 0.4) is 0 Å².